The third-order valence-corrected chi connectivity index (χ3v) is 21.9. The molecule has 0 amide bonds. The second-order valence-corrected chi connectivity index (χ2v) is 35.9. The van der Waals surface area contributed by atoms with E-state index in [4.69, 9.17) is 68.2 Å². The average Bonchev–Trinajstić information content (AvgIpc) is 0.786. The van der Waals surface area contributed by atoms with Gasteiger partial charge in [0.1, 0.15) is 24.4 Å². The van der Waals surface area contributed by atoms with Gasteiger partial charge in [-0.15, -0.1) is 9.97 Å². The Kier molecular flexibility index (Phi) is 23.2. The van der Waals surface area contributed by atoms with Crippen molar-refractivity contribution in [3.8, 4) is 24.0 Å². The van der Waals surface area contributed by atoms with Crippen LogP contribution in [0.3, 0.4) is 0 Å². The van der Waals surface area contributed by atoms with E-state index >= 15 is 0 Å². The summed E-state index contributed by atoms with van der Waals surface area (Å²) < 4.78 is 27.6. The van der Waals surface area contributed by atoms with E-state index in [1.165, 1.54) is 77.0 Å². The maximum atomic E-state index is 6.93. The van der Waals surface area contributed by atoms with Gasteiger partial charge in [-0.2, -0.15) is 40.2 Å². The molecule has 8 fully saturated rings. The Morgan fingerprint density at radius 2 is 0.564 bits per heavy atom. The Morgan fingerprint density at radius 3 is 0.819 bits per heavy atom. The number of hydroxylamine groups is 8. The summed E-state index contributed by atoms with van der Waals surface area (Å²) in [5.41, 5.74) is -2.62. The minimum atomic E-state index is -0.379. The molecular weight excluding hydrogens is 1180 g/mol. The van der Waals surface area contributed by atoms with Crippen molar-refractivity contribution in [3.63, 3.8) is 0 Å². The number of anilines is 2. The first kappa shape index (κ1) is 73.2. The maximum Gasteiger partial charge on any atom is 0.324 e. The highest BCUT2D eigenvalue weighted by Crippen LogP contribution is 2.47. The van der Waals surface area contributed by atoms with E-state index in [1.807, 2.05) is 0 Å². The van der Waals surface area contributed by atoms with Crippen molar-refractivity contribution in [3.05, 3.63) is 0 Å². The van der Waals surface area contributed by atoms with E-state index in [1.54, 1.807) is 0 Å². The maximum absolute atomic E-state index is 6.93. The molecule has 0 atom stereocenters. The smallest absolute Gasteiger partial charge is 0.324 e. The van der Waals surface area contributed by atoms with Crippen LogP contribution < -0.4 is 29.6 Å². The number of rotatable bonds is 25. The monoisotopic (exact) mass is 1320 g/mol. The largest absolute Gasteiger partial charge is 0.460 e. The highest BCUT2D eigenvalue weighted by atomic mass is 16.7. The van der Waals surface area contributed by atoms with Crippen molar-refractivity contribution in [1.29, 1.82) is 0 Å². The Bertz CT molecular complexity index is 2500. The van der Waals surface area contributed by atoms with E-state index in [-0.39, 0.29) is 123 Å². The molecule has 2 aromatic heterocycles. The van der Waals surface area contributed by atoms with Crippen LogP contribution in [0.15, 0.2) is 0 Å². The number of unbranched alkanes of at least 4 members (excludes halogenated alkanes) is 2. The molecule has 20 nitrogen and oxygen atoms in total. The second kappa shape index (κ2) is 29.8. The molecule has 0 unspecified atom stereocenters. The van der Waals surface area contributed by atoms with E-state index in [9.17, 15) is 0 Å². The summed E-state index contributed by atoms with van der Waals surface area (Å²) >= 11 is 0. The summed E-state index contributed by atoms with van der Waals surface area (Å²) in [5.74, 6) is 0.901. The van der Waals surface area contributed by atoms with Gasteiger partial charge < -0.3 is 29.6 Å². The van der Waals surface area contributed by atoms with E-state index in [0.717, 1.165) is 128 Å². The second-order valence-electron chi connectivity index (χ2n) is 35.9. The average molecular weight is 1320 g/mol. The summed E-state index contributed by atoms with van der Waals surface area (Å²) in [4.78, 5) is 57.4. The molecule has 4 saturated carbocycles. The molecule has 4 aliphatic carbocycles. The molecule has 0 bridgehead atoms. The van der Waals surface area contributed by atoms with Crippen molar-refractivity contribution < 1.29 is 38.3 Å². The van der Waals surface area contributed by atoms with Crippen LogP contribution >= 0.6 is 0 Å². The van der Waals surface area contributed by atoms with Gasteiger partial charge >= 0.3 is 24.0 Å². The van der Waals surface area contributed by atoms with E-state index in [2.05, 4.69) is 156 Å². The first-order valence-electron chi connectivity index (χ1n) is 37.7. The van der Waals surface area contributed by atoms with Gasteiger partial charge in [-0.05, 0) is 189 Å². The topological polar surface area (TPSA) is 188 Å². The fraction of sp³-hybridized carbons (Fsp3) is 0.919. The zero-order valence-corrected chi connectivity index (χ0v) is 62.2. The van der Waals surface area contributed by atoms with Gasteiger partial charge in [0.2, 0.25) is 11.9 Å². The molecule has 8 aliphatic rings. The number of piperidine rings is 4. The Hall–Kier alpha value is -3.50. The Morgan fingerprint density at radius 1 is 0.319 bits per heavy atom. The highest BCUT2D eigenvalue weighted by molar-refractivity contribution is 5.32. The lowest BCUT2D eigenvalue weighted by Crippen LogP contribution is -2.63. The predicted octanol–water partition coefficient (Wildman–Crippen LogP) is 16.6. The molecule has 6 heterocycles. The molecule has 0 aromatic carbocycles. The van der Waals surface area contributed by atoms with Gasteiger partial charge in [-0.3, -0.25) is 19.4 Å². The minimum Gasteiger partial charge on any atom is -0.460 e. The van der Waals surface area contributed by atoms with Crippen LogP contribution in [0.5, 0.6) is 24.0 Å². The van der Waals surface area contributed by atoms with Crippen LogP contribution in [-0.2, 0) is 19.4 Å². The molecule has 94 heavy (non-hydrogen) atoms. The van der Waals surface area contributed by atoms with E-state index < -0.39 is 0 Å². The van der Waals surface area contributed by atoms with Gasteiger partial charge in [-0.1, -0.05) is 89.9 Å². The number of ether oxygens (including phenoxy) is 4. The van der Waals surface area contributed by atoms with Crippen LogP contribution in [0.4, 0.5) is 11.9 Å². The first-order valence-corrected chi connectivity index (χ1v) is 37.7. The first-order chi connectivity index (χ1) is 44.1. The lowest BCUT2D eigenvalue weighted by molar-refractivity contribution is -0.316. The summed E-state index contributed by atoms with van der Waals surface area (Å²) in [5, 5.41) is 16.4. The summed E-state index contributed by atoms with van der Waals surface area (Å²) in [6.45, 7) is 41.5. The quantitative estimate of drug-likeness (QED) is 0.0892. The van der Waals surface area contributed by atoms with Crippen molar-refractivity contribution in [2.45, 2.75) is 429 Å². The molecule has 10 rings (SSSR count). The highest BCUT2D eigenvalue weighted by Gasteiger charge is 2.53. The fourth-order valence-electron chi connectivity index (χ4n) is 18.5. The van der Waals surface area contributed by atoms with Gasteiger partial charge in [0, 0.05) is 108 Å². The van der Waals surface area contributed by atoms with Crippen LogP contribution in [0.1, 0.15) is 330 Å². The summed E-state index contributed by atoms with van der Waals surface area (Å²) in [7, 11) is 0. The lowest BCUT2D eigenvalue weighted by Gasteiger charge is -2.54. The summed E-state index contributed by atoms with van der Waals surface area (Å²) in [6.07, 6.45) is 34.1. The third-order valence-electron chi connectivity index (χ3n) is 21.9. The fourth-order valence-corrected chi connectivity index (χ4v) is 18.5. The summed E-state index contributed by atoms with van der Waals surface area (Å²) in [6, 6.07) is 1.12. The molecule has 2 N–H and O–H groups in total. The van der Waals surface area contributed by atoms with Crippen LogP contribution in [0, 0.1) is 0 Å². The van der Waals surface area contributed by atoms with Crippen molar-refractivity contribution >= 4 is 11.9 Å². The molecule has 0 radical (unpaired) electrons. The zero-order valence-electron chi connectivity index (χ0n) is 62.2. The van der Waals surface area contributed by atoms with Crippen LogP contribution in [0.25, 0.3) is 0 Å². The van der Waals surface area contributed by atoms with Crippen LogP contribution in [-0.4, -0.2) is 155 Å². The van der Waals surface area contributed by atoms with Crippen molar-refractivity contribution in [2.24, 2.45) is 0 Å². The number of nitrogens with zero attached hydrogens (tertiary/aromatic N) is 10. The molecule has 4 saturated heterocycles. The molecular formula is C74H130N12O8. The van der Waals surface area contributed by atoms with Gasteiger partial charge in [0.15, 0.2) is 0 Å². The van der Waals surface area contributed by atoms with Crippen molar-refractivity contribution in [2.75, 3.05) is 17.2 Å². The van der Waals surface area contributed by atoms with Crippen LogP contribution in [0.2, 0.25) is 0 Å². The molecule has 4 aliphatic heterocycles. The minimum absolute atomic E-state index is 0.145. The lowest BCUT2D eigenvalue weighted by atomic mass is 9.80. The zero-order chi connectivity index (χ0) is 67.5. The number of hydrogen-bond donors (Lipinski definition) is 2. The normalized spacial score (nSPS) is 26.6. The molecule has 534 valence electrons. The SMILES string of the molecule is CC(C)(CCCCCNc1nc(OC2CC(C)(C)N(OC3CCCCC3)C(C)(C)C2)nc(OC2CC(C)(C)N(OC3CCCCC3)C(C)(C)C2)n1)Nc1nc(OC2CC(C)(C)N(OC3CCCCC3)C(C)(C)C2)nc(OC2CC(C)(C)N(OC3CCCCC3)C(C)(C)C2)n1. The van der Waals surface area contributed by atoms with Gasteiger partial charge in [0.25, 0.3) is 0 Å². The Labute approximate surface area is 567 Å². The van der Waals surface area contributed by atoms with Crippen molar-refractivity contribution in [1.82, 2.24) is 50.2 Å². The molecule has 20 heteroatoms. The number of aromatic nitrogens is 6. The predicted molar refractivity (Wildman–Crippen MR) is 371 cm³/mol. The Balaban J connectivity index is 0.803. The molecule has 0 spiro atoms. The van der Waals surface area contributed by atoms with Gasteiger partial charge in [0.05, 0.1) is 24.4 Å². The van der Waals surface area contributed by atoms with E-state index in [0.29, 0.717) is 18.4 Å². The standard InChI is InChI=1S/C74H130N12O8/c1-66(2,82-61-78-64(89-58-48-71(11,12)85(72(13,14)49-58)93-54-38-28-21-29-39-54)81-65(79-61)90-59-50-73(15,16)86(74(17,18)51-59)94-55-40-30-22-31-41-55)42-32-23-33-43-75-60-76-62(87-56-44-67(3,4)83(68(5,6)45-56)91-52-34-24-19-25-35-52)80-63(77-60)88-57-46-69(7,8)84(70(9,10)47-57)92-53-36-26-20-27-37-53/h52-59H,19-51H2,1-18H3,(H,75,76,77,80)(H,78,79,81,82). The third kappa shape index (κ3) is 19.3. The number of nitrogens with one attached hydrogen (secondary N) is 2. The number of hydrogen-bond acceptors (Lipinski definition) is 20. The molecule has 2 aromatic rings. The van der Waals surface area contributed by atoms with Gasteiger partial charge in [-0.25, -0.2) is 0 Å².